The predicted octanol–water partition coefficient (Wildman–Crippen LogP) is 2.95. The molecule has 1 N–H and O–H groups in total. The van der Waals surface area contributed by atoms with Crippen LogP contribution in [0.2, 0.25) is 0 Å². The van der Waals surface area contributed by atoms with Crippen molar-refractivity contribution in [2.24, 2.45) is 0 Å². The number of amides is 2. The van der Waals surface area contributed by atoms with Gasteiger partial charge in [-0.25, -0.2) is 9.78 Å². The highest BCUT2D eigenvalue weighted by Gasteiger charge is 2.23. The minimum Gasteiger partial charge on any atom is -0.467 e. The van der Waals surface area contributed by atoms with Gasteiger partial charge in [0.2, 0.25) is 0 Å². The van der Waals surface area contributed by atoms with Gasteiger partial charge in [0, 0.05) is 20.1 Å². The third-order valence-corrected chi connectivity index (χ3v) is 4.06. The van der Waals surface area contributed by atoms with Crippen LogP contribution in [0.15, 0.2) is 41.1 Å². The molecule has 3 heterocycles. The number of nitrogens with zero attached hydrogens (tertiary/aromatic N) is 3. The summed E-state index contributed by atoms with van der Waals surface area (Å²) in [7, 11) is 1.72. The summed E-state index contributed by atoms with van der Waals surface area (Å²) in [6, 6.07) is 7.22. The molecule has 2 unspecified atom stereocenters. The van der Waals surface area contributed by atoms with Gasteiger partial charge < -0.3 is 24.3 Å². The maximum atomic E-state index is 12.2. The van der Waals surface area contributed by atoms with E-state index in [1.165, 1.54) is 0 Å². The minimum atomic E-state index is -0.209. The van der Waals surface area contributed by atoms with E-state index in [4.69, 9.17) is 9.15 Å². The van der Waals surface area contributed by atoms with Crippen LogP contribution in [0.25, 0.3) is 0 Å². The second kappa shape index (κ2) is 7.57. The van der Waals surface area contributed by atoms with Gasteiger partial charge in [-0.05, 0) is 38.1 Å². The number of anilines is 2. The van der Waals surface area contributed by atoms with Crippen LogP contribution in [-0.2, 0) is 11.3 Å². The first kappa shape index (κ1) is 17.3. The van der Waals surface area contributed by atoms with Crippen molar-refractivity contribution in [3.8, 4) is 0 Å². The van der Waals surface area contributed by atoms with Crippen LogP contribution in [0.5, 0.6) is 0 Å². The smallest absolute Gasteiger partial charge is 0.322 e. The monoisotopic (exact) mass is 344 g/mol. The van der Waals surface area contributed by atoms with E-state index in [-0.39, 0.29) is 18.2 Å². The Bertz CT molecular complexity index is 677. The summed E-state index contributed by atoms with van der Waals surface area (Å²) < 4.78 is 11.0. The molecular formula is C18H24N4O3. The zero-order valence-electron chi connectivity index (χ0n) is 14.8. The van der Waals surface area contributed by atoms with Gasteiger partial charge in [-0.3, -0.25) is 0 Å². The lowest BCUT2D eigenvalue weighted by Gasteiger charge is -2.36. The molecule has 2 atom stereocenters. The molecule has 0 saturated carbocycles. The number of morpholine rings is 1. The van der Waals surface area contributed by atoms with Gasteiger partial charge in [-0.2, -0.15) is 0 Å². The Kier molecular flexibility index (Phi) is 5.23. The van der Waals surface area contributed by atoms with Gasteiger partial charge >= 0.3 is 6.03 Å². The van der Waals surface area contributed by atoms with Crippen molar-refractivity contribution in [3.05, 3.63) is 42.5 Å². The largest absolute Gasteiger partial charge is 0.467 e. The Morgan fingerprint density at radius 1 is 1.32 bits per heavy atom. The average molecular weight is 344 g/mol. The molecular weight excluding hydrogens is 320 g/mol. The molecule has 2 amide bonds. The fraction of sp³-hybridized carbons (Fsp3) is 0.444. The Balaban J connectivity index is 1.57. The molecule has 2 aromatic heterocycles. The highest BCUT2D eigenvalue weighted by molar-refractivity contribution is 5.89. The number of ether oxygens (including phenoxy) is 1. The van der Waals surface area contributed by atoms with Gasteiger partial charge in [0.05, 0.1) is 36.9 Å². The highest BCUT2D eigenvalue weighted by Crippen LogP contribution is 2.20. The first-order valence-electron chi connectivity index (χ1n) is 8.42. The number of carbonyl (C=O) groups is 1. The number of urea groups is 1. The van der Waals surface area contributed by atoms with Gasteiger partial charge in [-0.1, -0.05) is 0 Å². The zero-order chi connectivity index (χ0) is 17.8. The van der Waals surface area contributed by atoms with Gasteiger partial charge in [-0.15, -0.1) is 0 Å². The number of carbonyl (C=O) groups excluding carboxylic acids is 1. The molecule has 1 saturated heterocycles. The topological polar surface area (TPSA) is 70.8 Å². The number of hydrogen-bond acceptors (Lipinski definition) is 5. The summed E-state index contributed by atoms with van der Waals surface area (Å²) in [6.07, 6.45) is 3.64. The second-order valence-electron chi connectivity index (χ2n) is 6.43. The normalized spacial score (nSPS) is 20.4. The van der Waals surface area contributed by atoms with E-state index in [9.17, 15) is 4.79 Å². The number of pyridine rings is 1. The molecule has 1 aliphatic heterocycles. The zero-order valence-corrected chi connectivity index (χ0v) is 14.8. The average Bonchev–Trinajstić information content (AvgIpc) is 3.07. The molecule has 0 bridgehead atoms. The van der Waals surface area contributed by atoms with E-state index >= 15 is 0 Å². The van der Waals surface area contributed by atoms with E-state index in [1.54, 1.807) is 30.5 Å². The van der Waals surface area contributed by atoms with Crippen molar-refractivity contribution >= 4 is 17.5 Å². The fourth-order valence-corrected chi connectivity index (χ4v) is 2.94. The van der Waals surface area contributed by atoms with Crippen LogP contribution in [0.1, 0.15) is 19.6 Å². The predicted molar refractivity (Wildman–Crippen MR) is 95.7 cm³/mol. The molecule has 3 rings (SSSR count). The first-order valence-corrected chi connectivity index (χ1v) is 8.42. The molecule has 0 aromatic carbocycles. The third-order valence-electron chi connectivity index (χ3n) is 4.06. The highest BCUT2D eigenvalue weighted by atomic mass is 16.5. The molecule has 2 aromatic rings. The first-order chi connectivity index (χ1) is 12.0. The molecule has 0 radical (unpaired) electrons. The molecule has 1 fully saturated rings. The van der Waals surface area contributed by atoms with Crippen molar-refractivity contribution in [2.75, 3.05) is 30.4 Å². The van der Waals surface area contributed by atoms with Crippen molar-refractivity contribution in [1.29, 1.82) is 0 Å². The Morgan fingerprint density at radius 3 is 2.68 bits per heavy atom. The summed E-state index contributed by atoms with van der Waals surface area (Å²) in [4.78, 5) is 20.5. The van der Waals surface area contributed by atoms with Gasteiger partial charge in [0.1, 0.15) is 11.6 Å². The Morgan fingerprint density at radius 2 is 2.08 bits per heavy atom. The molecule has 7 heteroatoms. The standard InChI is InChI=1S/C18H24N4O3/c1-13-10-22(11-14(2)25-13)17-7-6-15(9-19-17)20-18(23)21(3)12-16-5-4-8-24-16/h4-9,13-14H,10-12H2,1-3H3,(H,20,23). The Labute approximate surface area is 147 Å². The van der Waals surface area contributed by atoms with Crippen molar-refractivity contribution < 1.29 is 13.9 Å². The second-order valence-corrected chi connectivity index (χ2v) is 6.43. The van der Waals surface area contributed by atoms with Crippen LogP contribution in [0, 0.1) is 0 Å². The van der Waals surface area contributed by atoms with Crippen LogP contribution >= 0.6 is 0 Å². The van der Waals surface area contributed by atoms with Crippen molar-refractivity contribution in [3.63, 3.8) is 0 Å². The number of aromatic nitrogens is 1. The van der Waals surface area contributed by atoms with Crippen LogP contribution < -0.4 is 10.2 Å². The van der Waals surface area contributed by atoms with E-state index in [2.05, 4.69) is 29.0 Å². The number of nitrogens with one attached hydrogen (secondary N) is 1. The Hall–Kier alpha value is -2.54. The van der Waals surface area contributed by atoms with E-state index in [0.29, 0.717) is 12.2 Å². The fourth-order valence-electron chi connectivity index (χ4n) is 2.94. The van der Waals surface area contributed by atoms with E-state index in [0.717, 1.165) is 24.7 Å². The molecule has 1 aliphatic rings. The van der Waals surface area contributed by atoms with Gasteiger partial charge in [0.15, 0.2) is 0 Å². The van der Waals surface area contributed by atoms with E-state index in [1.807, 2.05) is 18.2 Å². The van der Waals surface area contributed by atoms with Gasteiger partial charge in [0.25, 0.3) is 0 Å². The maximum absolute atomic E-state index is 12.2. The summed E-state index contributed by atoms with van der Waals surface area (Å²) in [5.41, 5.74) is 0.661. The number of rotatable bonds is 4. The lowest BCUT2D eigenvalue weighted by Crippen LogP contribution is -2.45. The van der Waals surface area contributed by atoms with Crippen LogP contribution in [-0.4, -0.2) is 48.3 Å². The molecule has 25 heavy (non-hydrogen) atoms. The van der Waals surface area contributed by atoms with E-state index < -0.39 is 0 Å². The third kappa shape index (κ3) is 4.51. The van der Waals surface area contributed by atoms with Crippen LogP contribution in [0.3, 0.4) is 0 Å². The minimum absolute atomic E-state index is 0.181. The number of furan rings is 1. The lowest BCUT2D eigenvalue weighted by molar-refractivity contribution is -0.00545. The summed E-state index contributed by atoms with van der Waals surface area (Å²) in [5, 5.41) is 2.84. The number of hydrogen-bond donors (Lipinski definition) is 1. The molecule has 0 aliphatic carbocycles. The SMILES string of the molecule is CC1CN(c2ccc(NC(=O)N(C)Cc3ccco3)cn2)CC(C)O1. The molecule has 0 spiro atoms. The summed E-state index contributed by atoms with van der Waals surface area (Å²) >= 11 is 0. The molecule has 134 valence electrons. The lowest BCUT2D eigenvalue weighted by atomic mass is 10.2. The summed E-state index contributed by atoms with van der Waals surface area (Å²) in [5.74, 6) is 1.63. The molecule has 7 nitrogen and oxygen atoms in total. The summed E-state index contributed by atoms with van der Waals surface area (Å²) in [6.45, 7) is 6.16. The quantitative estimate of drug-likeness (QED) is 0.923. The van der Waals surface area contributed by atoms with Crippen molar-refractivity contribution in [2.45, 2.75) is 32.6 Å². The van der Waals surface area contributed by atoms with Crippen LogP contribution in [0.4, 0.5) is 16.3 Å². The maximum Gasteiger partial charge on any atom is 0.322 e. The van der Waals surface area contributed by atoms with Crippen molar-refractivity contribution in [1.82, 2.24) is 9.88 Å².